The van der Waals surface area contributed by atoms with Crippen LogP contribution in [0.15, 0.2) is 72.8 Å². The molecule has 3 rings (SSSR count). The van der Waals surface area contributed by atoms with Gasteiger partial charge in [0.2, 0.25) is 0 Å². The zero-order valence-electron chi connectivity index (χ0n) is 13.2. The van der Waals surface area contributed by atoms with Gasteiger partial charge in [0, 0.05) is 5.56 Å². The summed E-state index contributed by atoms with van der Waals surface area (Å²) in [6.07, 6.45) is 0. The van der Waals surface area contributed by atoms with Crippen molar-refractivity contribution in [3.63, 3.8) is 0 Å². The van der Waals surface area contributed by atoms with Gasteiger partial charge in [0.25, 0.3) is 0 Å². The van der Waals surface area contributed by atoms with Crippen molar-refractivity contribution in [3.05, 3.63) is 72.8 Å². The molecule has 0 bridgehead atoms. The van der Waals surface area contributed by atoms with Gasteiger partial charge in [-0.25, -0.2) is 0 Å². The Hall–Kier alpha value is -2.94. The summed E-state index contributed by atoms with van der Waals surface area (Å²) in [7, 11) is 3.31. The molecule has 0 spiro atoms. The van der Waals surface area contributed by atoms with Crippen molar-refractivity contribution in [3.8, 4) is 34.1 Å². The van der Waals surface area contributed by atoms with E-state index >= 15 is 0 Å². The number of methoxy groups -OCH3 is 2. The van der Waals surface area contributed by atoms with Crippen molar-refractivity contribution in [1.29, 1.82) is 0 Å². The van der Waals surface area contributed by atoms with Crippen molar-refractivity contribution in [1.82, 2.24) is 0 Å². The standard InChI is InChI=1S/C20H18O3/c1-21-16-9-7-15(8-10-16)19-5-3-4-6-20(19)23-18-13-11-17(22-2)12-14-18/h3-14H,1-2H3. The van der Waals surface area contributed by atoms with Crippen LogP contribution >= 0.6 is 0 Å². The van der Waals surface area contributed by atoms with E-state index in [2.05, 4.69) is 0 Å². The highest BCUT2D eigenvalue weighted by atomic mass is 16.5. The molecule has 116 valence electrons. The molecule has 3 nitrogen and oxygen atoms in total. The number of hydrogen-bond donors (Lipinski definition) is 0. The molecule has 0 aromatic heterocycles. The number of benzene rings is 3. The van der Waals surface area contributed by atoms with Crippen LogP contribution in [-0.2, 0) is 0 Å². The van der Waals surface area contributed by atoms with E-state index in [9.17, 15) is 0 Å². The second-order valence-electron chi connectivity index (χ2n) is 5.00. The first-order valence-electron chi connectivity index (χ1n) is 7.35. The average Bonchev–Trinajstić information content (AvgIpc) is 2.63. The third-order valence-corrected chi connectivity index (χ3v) is 3.58. The largest absolute Gasteiger partial charge is 0.497 e. The van der Waals surface area contributed by atoms with Crippen LogP contribution in [-0.4, -0.2) is 14.2 Å². The van der Waals surface area contributed by atoms with Gasteiger partial charge in [-0.3, -0.25) is 0 Å². The lowest BCUT2D eigenvalue weighted by molar-refractivity contribution is 0.413. The fourth-order valence-electron chi connectivity index (χ4n) is 2.34. The Morgan fingerprint density at radius 2 is 1.09 bits per heavy atom. The first-order chi connectivity index (χ1) is 11.3. The molecule has 0 atom stereocenters. The van der Waals surface area contributed by atoms with E-state index < -0.39 is 0 Å². The maximum absolute atomic E-state index is 6.03. The van der Waals surface area contributed by atoms with Crippen LogP contribution in [0.4, 0.5) is 0 Å². The fraction of sp³-hybridized carbons (Fsp3) is 0.100. The molecule has 3 aromatic carbocycles. The van der Waals surface area contributed by atoms with Crippen molar-refractivity contribution >= 4 is 0 Å². The molecule has 0 saturated heterocycles. The minimum atomic E-state index is 0.770. The van der Waals surface area contributed by atoms with E-state index in [-0.39, 0.29) is 0 Å². The van der Waals surface area contributed by atoms with Crippen LogP contribution in [0.1, 0.15) is 0 Å². The molecule has 0 aliphatic carbocycles. The van der Waals surface area contributed by atoms with Crippen molar-refractivity contribution in [2.75, 3.05) is 14.2 Å². The second kappa shape index (κ2) is 6.88. The van der Waals surface area contributed by atoms with E-state index in [0.717, 1.165) is 34.1 Å². The SMILES string of the molecule is COc1ccc(Oc2ccccc2-c2ccc(OC)cc2)cc1. The van der Waals surface area contributed by atoms with Gasteiger partial charge in [0.15, 0.2) is 0 Å². The Bertz CT molecular complexity index is 762. The molecule has 3 heteroatoms. The molecular weight excluding hydrogens is 288 g/mol. The Kier molecular flexibility index (Phi) is 4.48. The van der Waals surface area contributed by atoms with Crippen LogP contribution in [0.25, 0.3) is 11.1 Å². The lowest BCUT2D eigenvalue weighted by Crippen LogP contribution is -1.89. The van der Waals surface area contributed by atoms with E-state index in [0.29, 0.717) is 0 Å². The minimum absolute atomic E-state index is 0.770. The van der Waals surface area contributed by atoms with Crippen LogP contribution in [0.2, 0.25) is 0 Å². The van der Waals surface area contributed by atoms with Gasteiger partial charge in [0.05, 0.1) is 14.2 Å². The van der Waals surface area contributed by atoms with Crippen molar-refractivity contribution in [2.24, 2.45) is 0 Å². The minimum Gasteiger partial charge on any atom is -0.497 e. The first kappa shape index (κ1) is 15.0. The highest BCUT2D eigenvalue weighted by molar-refractivity contribution is 5.71. The average molecular weight is 306 g/mol. The molecule has 0 heterocycles. The molecule has 3 aromatic rings. The molecule has 0 aliphatic heterocycles. The molecule has 0 N–H and O–H groups in total. The normalized spacial score (nSPS) is 10.2. The summed E-state index contributed by atoms with van der Waals surface area (Å²) in [5, 5.41) is 0. The Labute approximate surface area is 136 Å². The van der Waals surface area contributed by atoms with Gasteiger partial charge in [-0.2, -0.15) is 0 Å². The molecule has 0 saturated carbocycles. The van der Waals surface area contributed by atoms with Gasteiger partial charge in [0.1, 0.15) is 23.0 Å². The summed E-state index contributed by atoms with van der Waals surface area (Å²) in [5.41, 5.74) is 2.11. The van der Waals surface area contributed by atoms with E-state index in [1.165, 1.54) is 0 Å². The van der Waals surface area contributed by atoms with Crippen LogP contribution < -0.4 is 14.2 Å². The van der Waals surface area contributed by atoms with Crippen LogP contribution in [0, 0.1) is 0 Å². The molecule has 0 fully saturated rings. The van der Waals surface area contributed by atoms with E-state index in [4.69, 9.17) is 14.2 Å². The summed E-state index contributed by atoms with van der Waals surface area (Å²) in [6, 6.07) is 23.4. The third-order valence-electron chi connectivity index (χ3n) is 3.58. The molecule has 0 amide bonds. The maximum atomic E-state index is 6.03. The van der Waals surface area contributed by atoms with Crippen LogP contribution in [0.5, 0.6) is 23.0 Å². The smallest absolute Gasteiger partial charge is 0.135 e. The number of ether oxygens (including phenoxy) is 3. The van der Waals surface area contributed by atoms with Crippen molar-refractivity contribution in [2.45, 2.75) is 0 Å². The van der Waals surface area contributed by atoms with Gasteiger partial charge >= 0.3 is 0 Å². The highest BCUT2D eigenvalue weighted by Gasteiger charge is 2.07. The van der Waals surface area contributed by atoms with E-state index in [1.807, 2.05) is 72.8 Å². The van der Waals surface area contributed by atoms with Gasteiger partial charge in [-0.15, -0.1) is 0 Å². The fourth-order valence-corrected chi connectivity index (χ4v) is 2.34. The Morgan fingerprint density at radius 3 is 1.70 bits per heavy atom. The predicted octanol–water partition coefficient (Wildman–Crippen LogP) is 5.16. The van der Waals surface area contributed by atoms with Crippen LogP contribution in [0.3, 0.4) is 0 Å². The lowest BCUT2D eigenvalue weighted by atomic mass is 10.0. The molecule has 0 unspecified atom stereocenters. The summed E-state index contributed by atoms with van der Waals surface area (Å²) >= 11 is 0. The highest BCUT2D eigenvalue weighted by Crippen LogP contribution is 2.34. The third kappa shape index (κ3) is 3.46. The topological polar surface area (TPSA) is 27.7 Å². The molecule has 0 aliphatic rings. The Balaban J connectivity index is 1.90. The number of para-hydroxylation sites is 1. The maximum Gasteiger partial charge on any atom is 0.135 e. The number of rotatable bonds is 5. The first-order valence-corrected chi connectivity index (χ1v) is 7.35. The zero-order valence-corrected chi connectivity index (χ0v) is 13.2. The van der Waals surface area contributed by atoms with Gasteiger partial charge in [-0.1, -0.05) is 30.3 Å². The van der Waals surface area contributed by atoms with E-state index in [1.54, 1.807) is 14.2 Å². The Morgan fingerprint density at radius 1 is 0.565 bits per heavy atom. The molecular formula is C20H18O3. The predicted molar refractivity (Wildman–Crippen MR) is 91.5 cm³/mol. The number of hydrogen-bond acceptors (Lipinski definition) is 3. The van der Waals surface area contributed by atoms with Crippen molar-refractivity contribution < 1.29 is 14.2 Å². The summed E-state index contributed by atoms with van der Waals surface area (Å²) < 4.78 is 16.4. The summed E-state index contributed by atoms with van der Waals surface area (Å²) in [5.74, 6) is 3.22. The summed E-state index contributed by atoms with van der Waals surface area (Å²) in [4.78, 5) is 0. The van der Waals surface area contributed by atoms with Gasteiger partial charge < -0.3 is 14.2 Å². The molecule has 0 radical (unpaired) electrons. The van der Waals surface area contributed by atoms with Gasteiger partial charge in [-0.05, 0) is 48.0 Å². The quantitative estimate of drug-likeness (QED) is 0.651. The molecule has 23 heavy (non-hydrogen) atoms. The zero-order chi connectivity index (χ0) is 16.1. The monoisotopic (exact) mass is 306 g/mol. The summed E-state index contributed by atoms with van der Waals surface area (Å²) in [6.45, 7) is 0. The second-order valence-corrected chi connectivity index (χ2v) is 5.00. The lowest BCUT2D eigenvalue weighted by Gasteiger charge is -2.12.